The fraction of sp³-hybridized carbons (Fsp3) is 0.438. The van der Waals surface area contributed by atoms with Gasteiger partial charge in [0, 0.05) is 25.2 Å². The van der Waals surface area contributed by atoms with Gasteiger partial charge >= 0.3 is 0 Å². The van der Waals surface area contributed by atoms with Gasteiger partial charge in [0.1, 0.15) is 5.70 Å². The maximum Gasteiger partial charge on any atom is 0.274 e. The van der Waals surface area contributed by atoms with Crippen LogP contribution in [0.15, 0.2) is 57.2 Å². The van der Waals surface area contributed by atoms with E-state index >= 15 is 0 Å². The van der Waals surface area contributed by atoms with Crippen LogP contribution in [0.2, 0.25) is 0 Å². The van der Waals surface area contributed by atoms with E-state index in [4.69, 9.17) is 0 Å². The molecule has 1 saturated heterocycles. The minimum Gasteiger partial charge on any atom is -0.334 e. The van der Waals surface area contributed by atoms with E-state index in [-0.39, 0.29) is 22.9 Å². The van der Waals surface area contributed by atoms with Crippen molar-refractivity contribution >= 4 is 15.9 Å². The Balaban J connectivity index is 1.81. The zero-order valence-corrected chi connectivity index (χ0v) is 14.5. The first-order chi connectivity index (χ1) is 11.4. The average Bonchev–Trinajstić information content (AvgIpc) is 3.08. The predicted molar refractivity (Wildman–Crippen MR) is 88.8 cm³/mol. The summed E-state index contributed by atoms with van der Waals surface area (Å²) >= 11 is 0. The molecule has 3 rings (SSSR count). The van der Waals surface area contributed by atoms with Crippen LogP contribution in [0.3, 0.4) is 0 Å². The minimum absolute atomic E-state index is 0.188. The Morgan fingerprint density at radius 2 is 1.75 bits per heavy atom. The lowest BCUT2D eigenvalue weighted by Crippen LogP contribution is -2.59. The minimum atomic E-state index is -3.59. The molecule has 7 nitrogen and oxygen atoms in total. The van der Waals surface area contributed by atoms with Gasteiger partial charge in [-0.15, -0.1) is 0 Å². The number of nitrogens with zero attached hydrogens (tertiary/aromatic N) is 4. The molecule has 0 bridgehead atoms. The Bertz CT molecular complexity index is 777. The number of benzene rings is 1. The highest BCUT2D eigenvalue weighted by atomic mass is 32.2. The van der Waals surface area contributed by atoms with Crippen molar-refractivity contribution < 1.29 is 13.2 Å². The highest BCUT2D eigenvalue weighted by molar-refractivity contribution is 7.89. The molecule has 2 atom stereocenters. The molecule has 0 aromatic heterocycles. The second-order valence-corrected chi connectivity index (χ2v) is 7.91. The number of amides is 1. The van der Waals surface area contributed by atoms with Gasteiger partial charge in [-0.1, -0.05) is 18.2 Å². The van der Waals surface area contributed by atoms with Crippen molar-refractivity contribution in [1.82, 2.24) is 9.21 Å². The number of hydrogen-bond acceptors (Lipinski definition) is 5. The molecule has 128 valence electrons. The maximum absolute atomic E-state index is 12.9. The van der Waals surface area contributed by atoms with E-state index < -0.39 is 10.0 Å². The Morgan fingerprint density at radius 1 is 1.12 bits per heavy atom. The van der Waals surface area contributed by atoms with Crippen LogP contribution < -0.4 is 0 Å². The molecular weight excluding hydrogens is 328 g/mol. The first-order valence-electron chi connectivity index (χ1n) is 7.87. The predicted octanol–water partition coefficient (Wildman–Crippen LogP) is 1.65. The fourth-order valence-corrected chi connectivity index (χ4v) is 5.06. The number of carbonyl (C=O) groups is 1. The van der Waals surface area contributed by atoms with Crippen LogP contribution in [0.25, 0.3) is 0 Å². The van der Waals surface area contributed by atoms with Gasteiger partial charge in [0.25, 0.3) is 5.91 Å². The third-order valence-corrected chi connectivity index (χ3v) is 6.35. The molecule has 0 radical (unpaired) electrons. The van der Waals surface area contributed by atoms with Gasteiger partial charge in [0.2, 0.25) is 10.0 Å². The number of piperazine rings is 1. The molecule has 0 saturated carbocycles. The summed E-state index contributed by atoms with van der Waals surface area (Å²) in [5.74, 6) is -0.188. The summed E-state index contributed by atoms with van der Waals surface area (Å²) < 4.78 is 27.3. The standard InChI is InChI=1S/C16H20N4O3S/c1-12-10-19(16(21)15-8-9-17-18-15)11-13(2)20(12)24(22,23)14-6-4-3-5-7-14/h3-8,12-13H,9-11H2,1-2H3/t12-,13+. The van der Waals surface area contributed by atoms with Crippen LogP contribution in [0.1, 0.15) is 13.8 Å². The summed E-state index contributed by atoms with van der Waals surface area (Å²) in [6.07, 6.45) is 1.69. The lowest BCUT2D eigenvalue weighted by molar-refractivity contribution is -0.130. The van der Waals surface area contributed by atoms with E-state index in [1.807, 2.05) is 13.8 Å². The molecule has 0 aliphatic carbocycles. The molecule has 0 N–H and O–H groups in total. The van der Waals surface area contributed by atoms with E-state index in [2.05, 4.69) is 10.2 Å². The summed E-state index contributed by atoms with van der Waals surface area (Å²) in [4.78, 5) is 14.4. The van der Waals surface area contributed by atoms with Crippen LogP contribution in [0.5, 0.6) is 0 Å². The summed E-state index contributed by atoms with van der Waals surface area (Å²) in [6, 6.07) is 7.75. The number of carbonyl (C=O) groups excluding carboxylic acids is 1. The number of sulfonamides is 1. The van der Waals surface area contributed by atoms with Crippen molar-refractivity contribution in [2.24, 2.45) is 10.2 Å². The molecule has 2 aliphatic heterocycles. The van der Waals surface area contributed by atoms with E-state index in [0.29, 0.717) is 25.3 Å². The van der Waals surface area contributed by atoms with E-state index in [1.54, 1.807) is 41.3 Å². The van der Waals surface area contributed by atoms with Crippen molar-refractivity contribution in [1.29, 1.82) is 0 Å². The zero-order valence-electron chi connectivity index (χ0n) is 13.7. The second-order valence-electron chi connectivity index (χ2n) is 6.07. The number of azo groups is 1. The molecule has 1 aromatic rings. The summed E-state index contributed by atoms with van der Waals surface area (Å²) in [7, 11) is -3.59. The van der Waals surface area contributed by atoms with Crippen molar-refractivity contribution in [3.05, 3.63) is 42.1 Å². The van der Waals surface area contributed by atoms with Crippen LogP contribution in [-0.2, 0) is 14.8 Å². The van der Waals surface area contributed by atoms with Crippen molar-refractivity contribution in [2.75, 3.05) is 19.6 Å². The van der Waals surface area contributed by atoms with Gasteiger partial charge < -0.3 is 4.90 Å². The number of rotatable bonds is 3. The Kier molecular flexibility index (Phi) is 4.51. The highest BCUT2D eigenvalue weighted by Gasteiger charge is 2.40. The highest BCUT2D eigenvalue weighted by Crippen LogP contribution is 2.26. The molecule has 1 aromatic carbocycles. The third-order valence-electron chi connectivity index (χ3n) is 4.21. The molecular formula is C16H20N4O3S. The number of hydrogen-bond donors (Lipinski definition) is 0. The third kappa shape index (κ3) is 2.99. The molecule has 1 amide bonds. The second kappa shape index (κ2) is 6.45. The molecule has 8 heteroatoms. The summed E-state index contributed by atoms with van der Waals surface area (Å²) in [5, 5.41) is 7.63. The molecule has 1 fully saturated rings. The lowest BCUT2D eigenvalue weighted by Gasteiger charge is -2.43. The Hall–Kier alpha value is -2.06. The van der Waals surface area contributed by atoms with Gasteiger partial charge in [0.15, 0.2) is 0 Å². The summed E-state index contributed by atoms with van der Waals surface area (Å²) in [6.45, 7) is 4.74. The van der Waals surface area contributed by atoms with Crippen LogP contribution in [0, 0.1) is 0 Å². The summed E-state index contributed by atoms with van der Waals surface area (Å²) in [5.41, 5.74) is 0.341. The molecule has 24 heavy (non-hydrogen) atoms. The zero-order chi connectivity index (χ0) is 17.3. The van der Waals surface area contributed by atoms with Crippen molar-refractivity contribution in [3.8, 4) is 0 Å². The Labute approximate surface area is 141 Å². The molecule has 2 heterocycles. The lowest BCUT2D eigenvalue weighted by atomic mass is 10.1. The quantitative estimate of drug-likeness (QED) is 0.833. The Morgan fingerprint density at radius 3 is 2.29 bits per heavy atom. The van der Waals surface area contributed by atoms with Gasteiger partial charge in [-0.2, -0.15) is 14.5 Å². The van der Waals surface area contributed by atoms with E-state index in [0.717, 1.165) is 0 Å². The largest absolute Gasteiger partial charge is 0.334 e. The first kappa shape index (κ1) is 16.8. The monoisotopic (exact) mass is 348 g/mol. The maximum atomic E-state index is 12.9. The van der Waals surface area contributed by atoms with Crippen LogP contribution in [0.4, 0.5) is 0 Å². The van der Waals surface area contributed by atoms with E-state index in [1.165, 1.54) is 4.31 Å². The van der Waals surface area contributed by atoms with Gasteiger partial charge in [-0.3, -0.25) is 4.79 Å². The normalized spacial score (nSPS) is 24.9. The molecule has 2 aliphatic rings. The first-order valence-corrected chi connectivity index (χ1v) is 9.31. The SMILES string of the molecule is C[C@@H]1CN(C(=O)C2=CCN=N2)C[C@H](C)N1S(=O)(=O)c1ccccc1. The average molecular weight is 348 g/mol. The van der Waals surface area contributed by atoms with Crippen LogP contribution in [-0.4, -0.2) is 55.2 Å². The van der Waals surface area contributed by atoms with Gasteiger partial charge in [-0.05, 0) is 32.1 Å². The molecule has 0 unspecified atom stereocenters. The van der Waals surface area contributed by atoms with E-state index in [9.17, 15) is 13.2 Å². The molecule has 0 spiro atoms. The van der Waals surface area contributed by atoms with Gasteiger partial charge in [-0.25, -0.2) is 8.42 Å². The fourth-order valence-electron chi connectivity index (χ4n) is 3.24. The van der Waals surface area contributed by atoms with Crippen LogP contribution >= 0.6 is 0 Å². The van der Waals surface area contributed by atoms with Crippen molar-refractivity contribution in [2.45, 2.75) is 30.8 Å². The van der Waals surface area contributed by atoms with Crippen molar-refractivity contribution in [3.63, 3.8) is 0 Å². The smallest absolute Gasteiger partial charge is 0.274 e. The van der Waals surface area contributed by atoms with Gasteiger partial charge in [0.05, 0.1) is 11.4 Å². The topological polar surface area (TPSA) is 82.4 Å².